The van der Waals surface area contributed by atoms with E-state index in [-0.39, 0.29) is 106 Å². The molecule has 0 bridgehead atoms. The molecule has 0 aromatic heterocycles. The molecule has 0 saturated heterocycles. The molecule has 0 fully saturated rings. The molecule has 0 heterocycles. The zero-order valence-electron chi connectivity index (χ0n) is 8.00. The fourth-order valence-electron chi connectivity index (χ4n) is 0. The second kappa shape index (κ2) is 12.7. The fraction of sp³-hybridized carbons (Fsp3) is 0. The molecule has 7 nitrogen and oxygen atoms in total. The summed E-state index contributed by atoms with van der Waals surface area (Å²) < 4.78 is 8.88. The topological polar surface area (TPSA) is 135 Å². The van der Waals surface area contributed by atoms with Crippen LogP contribution in [0.1, 0.15) is 2.85 Å². The maximum absolute atomic E-state index is 8.88. The van der Waals surface area contributed by atoms with Crippen molar-refractivity contribution in [2.75, 3.05) is 0 Å². The maximum Gasteiger partial charge on any atom is 1.00 e. The molecular formula is CH7K2O7P. The van der Waals surface area contributed by atoms with Gasteiger partial charge in [-0.25, -0.2) is 9.36 Å². The van der Waals surface area contributed by atoms with Crippen LogP contribution in [0.25, 0.3) is 0 Å². The Bertz CT molecular complexity index is 124. The Labute approximate surface area is 150 Å². The second-order valence-electron chi connectivity index (χ2n) is 0.796. The van der Waals surface area contributed by atoms with E-state index in [9.17, 15) is 0 Å². The minimum atomic E-state index is -4.64. The number of rotatable bonds is 0. The first-order valence-electron chi connectivity index (χ1n) is 1.43. The molecule has 0 spiro atoms. The van der Waals surface area contributed by atoms with Gasteiger partial charge in [-0.2, -0.15) is 0 Å². The quantitative estimate of drug-likeness (QED) is 0.210. The molecule has 0 unspecified atom stereocenters. The molecule has 5 N–H and O–H groups in total. The van der Waals surface area contributed by atoms with E-state index in [1.165, 1.54) is 0 Å². The van der Waals surface area contributed by atoms with Gasteiger partial charge in [0.1, 0.15) is 0 Å². The third-order valence-corrected chi connectivity index (χ3v) is 0. The monoisotopic (exact) mass is 240 g/mol. The molecule has 0 aliphatic rings. The van der Waals surface area contributed by atoms with E-state index in [1.54, 1.807) is 0 Å². The van der Waals surface area contributed by atoms with Crippen LogP contribution in [0.4, 0.5) is 4.79 Å². The summed E-state index contributed by atoms with van der Waals surface area (Å²) in [6, 6.07) is 0. The van der Waals surface area contributed by atoms with E-state index < -0.39 is 14.0 Å². The van der Waals surface area contributed by atoms with Crippen LogP contribution < -0.4 is 103 Å². The maximum atomic E-state index is 8.88. The van der Waals surface area contributed by atoms with Crippen molar-refractivity contribution in [3.63, 3.8) is 0 Å². The van der Waals surface area contributed by atoms with E-state index in [1.807, 2.05) is 0 Å². The zero-order valence-corrected chi connectivity index (χ0v) is 13.1. The van der Waals surface area contributed by atoms with E-state index in [2.05, 4.69) is 0 Å². The number of hydrogen-bond donors (Lipinski definition) is 5. The Morgan fingerprint density at radius 3 is 1.09 bits per heavy atom. The standard InChI is InChI=1S/CH2O3.2K.H3O4P.2H/c2-1(3)4;;;1-5(2,3)4;;/h(H2,2,3,4);;;(H3,1,2,3,4);;/q;2*+1;;2*-1. The van der Waals surface area contributed by atoms with Gasteiger partial charge in [0.15, 0.2) is 0 Å². The predicted molar refractivity (Wildman–Crippen MR) is 27.1 cm³/mol. The van der Waals surface area contributed by atoms with Crippen molar-refractivity contribution in [2.45, 2.75) is 0 Å². The molecule has 0 amide bonds. The van der Waals surface area contributed by atoms with Crippen LogP contribution in [-0.4, -0.2) is 31.0 Å². The Hall–Kier alpha value is 2.65. The summed E-state index contributed by atoms with van der Waals surface area (Å²) in [7, 11) is -4.64. The first-order chi connectivity index (χ1) is 3.73. The molecule has 10 heteroatoms. The molecular weight excluding hydrogens is 233 g/mol. The Balaban J connectivity index is -0.0000000146. The largest absolute Gasteiger partial charge is 1.00 e. The molecule has 0 aromatic rings. The summed E-state index contributed by atoms with van der Waals surface area (Å²) in [5, 5.41) is 13.9. The molecule has 0 rings (SSSR count). The van der Waals surface area contributed by atoms with Crippen LogP contribution in [0.3, 0.4) is 0 Å². The molecule has 0 aliphatic heterocycles. The molecule has 60 valence electrons. The number of carboxylic acid groups (broad SMARTS) is 2. The average molecular weight is 240 g/mol. The minimum absolute atomic E-state index is 0. The van der Waals surface area contributed by atoms with Gasteiger partial charge in [0.05, 0.1) is 0 Å². The van der Waals surface area contributed by atoms with Crippen LogP contribution >= 0.6 is 7.82 Å². The Kier molecular flexibility index (Phi) is 27.0. The second-order valence-corrected chi connectivity index (χ2v) is 1.82. The summed E-state index contributed by atoms with van der Waals surface area (Å²) in [4.78, 5) is 30.1. The van der Waals surface area contributed by atoms with Gasteiger partial charge in [-0.1, -0.05) is 0 Å². The first-order valence-corrected chi connectivity index (χ1v) is 3.00. The molecule has 0 aliphatic carbocycles. The van der Waals surface area contributed by atoms with Crippen molar-refractivity contribution in [3.8, 4) is 0 Å². The van der Waals surface area contributed by atoms with E-state index in [4.69, 9.17) is 34.3 Å². The van der Waals surface area contributed by atoms with E-state index in [0.29, 0.717) is 0 Å². The van der Waals surface area contributed by atoms with Gasteiger partial charge >= 0.3 is 117 Å². The molecule has 0 radical (unpaired) electrons. The number of phosphoric acid groups is 1. The fourth-order valence-corrected chi connectivity index (χ4v) is 0. The van der Waals surface area contributed by atoms with E-state index in [0.717, 1.165) is 0 Å². The molecule has 11 heavy (non-hydrogen) atoms. The van der Waals surface area contributed by atoms with Gasteiger partial charge in [-0.3, -0.25) is 0 Å². The van der Waals surface area contributed by atoms with Gasteiger partial charge in [0.25, 0.3) is 0 Å². The van der Waals surface area contributed by atoms with Crippen molar-refractivity contribution in [1.82, 2.24) is 0 Å². The molecule has 0 aromatic carbocycles. The van der Waals surface area contributed by atoms with Gasteiger partial charge in [0.2, 0.25) is 0 Å². The number of carbonyl (C=O) groups is 1. The number of hydrogen-bond acceptors (Lipinski definition) is 2. The molecule has 0 saturated carbocycles. The summed E-state index contributed by atoms with van der Waals surface area (Å²) in [6.45, 7) is 0. The summed E-state index contributed by atoms with van der Waals surface area (Å²) >= 11 is 0. The van der Waals surface area contributed by atoms with Crippen molar-refractivity contribution in [3.05, 3.63) is 0 Å². The van der Waals surface area contributed by atoms with Crippen LogP contribution in [0.15, 0.2) is 0 Å². The van der Waals surface area contributed by atoms with Gasteiger partial charge in [-0.15, -0.1) is 0 Å². The van der Waals surface area contributed by atoms with Crippen LogP contribution in [0, 0.1) is 0 Å². The van der Waals surface area contributed by atoms with Gasteiger partial charge in [0, 0.05) is 0 Å². The summed E-state index contributed by atoms with van der Waals surface area (Å²) in [5.74, 6) is 0. The van der Waals surface area contributed by atoms with E-state index >= 15 is 0 Å². The van der Waals surface area contributed by atoms with Crippen LogP contribution in [-0.2, 0) is 4.57 Å². The first kappa shape index (κ1) is 23.5. The Morgan fingerprint density at radius 1 is 1.09 bits per heavy atom. The summed E-state index contributed by atoms with van der Waals surface area (Å²) in [6.07, 6.45) is -1.83. The van der Waals surface area contributed by atoms with Crippen molar-refractivity contribution < 1.29 is 140 Å². The predicted octanol–water partition coefficient (Wildman–Crippen LogP) is -6.47. The average Bonchev–Trinajstić information content (AvgIpc) is 1.19. The van der Waals surface area contributed by atoms with Crippen molar-refractivity contribution in [1.29, 1.82) is 0 Å². The van der Waals surface area contributed by atoms with Crippen molar-refractivity contribution >= 4 is 14.0 Å². The van der Waals surface area contributed by atoms with Crippen LogP contribution in [0.2, 0.25) is 0 Å². The molecule has 0 atom stereocenters. The summed E-state index contributed by atoms with van der Waals surface area (Å²) in [5.41, 5.74) is 0. The SMILES string of the molecule is O=C(O)O.O=P(O)(O)O.[H-].[H-].[K+].[K+]. The third-order valence-electron chi connectivity index (χ3n) is 0. The van der Waals surface area contributed by atoms with Gasteiger partial charge in [-0.05, 0) is 0 Å². The van der Waals surface area contributed by atoms with Gasteiger partial charge < -0.3 is 27.7 Å². The van der Waals surface area contributed by atoms with Crippen LogP contribution in [0.5, 0.6) is 0 Å². The normalized spacial score (nSPS) is 7.55. The van der Waals surface area contributed by atoms with Crippen molar-refractivity contribution in [2.24, 2.45) is 0 Å². The minimum Gasteiger partial charge on any atom is -1.00 e. The third kappa shape index (κ3) is 204. The Morgan fingerprint density at radius 2 is 1.09 bits per heavy atom. The smallest absolute Gasteiger partial charge is 1.00 e. The zero-order chi connectivity index (χ0) is 8.08.